The minimum atomic E-state index is -0.361. The van der Waals surface area contributed by atoms with Crippen LogP contribution >= 0.6 is 0 Å². The molecule has 1 rings (SSSR count). The van der Waals surface area contributed by atoms with E-state index in [1.807, 2.05) is 13.8 Å². The van der Waals surface area contributed by atoms with Gasteiger partial charge in [0.15, 0.2) is 5.78 Å². The molecule has 1 aromatic heterocycles. The van der Waals surface area contributed by atoms with Gasteiger partial charge in [0.1, 0.15) is 11.6 Å². The van der Waals surface area contributed by atoms with Gasteiger partial charge in [-0.05, 0) is 33.8 Å². The van der Waals surface area contributed by atoms with Crippen LogP contribution in [0.2, 0.25) is 0 Å². The lowest BCUT2D eigenvalue weighted by atomic mass is 10.1. The van der Waals surface area contributed by atoms with Crippen LogP contribution in [0, 0.1) is 13.8 Å². The molecule has 0 amide bonds. The zero-order valence-electron chi connectivity index (χ0n) is 10.9. The number of amidine groups is 1. The van der Waals surface area contributed by atoms with Gasteiger partial charge >= 0.3 is 0 Å². The second kappa shape index (κ2) is 5.39. The summed E-state index contributed by atoms with van der Waals surface area (Å²) in [5.41, 5.74) is 7.17. The number of carbonyl (C=O) groups excluding carboxylic acids is 1. The van der Waals surface area contributed by atoms with E-state index in [1.165, 1.54) is 13.8 Å². The topological polar surface area (TPSA) is 101 Å². The summed E-state index contributed by atoms with van der Waals surface area (Å²) in [6, 6.07) is 1.80. The Morgan fingerprint density at radius 1 is 1.28 bits per heavy atom. The Kier molecular flexibility index (Phi) is 4.14. The van der Waals surface area contributed by atoms with E-state index in [0.29, 0.717) is 0 Å². The Morgan fingerprint density at radius 2 is 1.78 bits per heavy atom. The van der Waals surface area contributed by atoms with E-state index in [1.54, 1.807) is 6.07 Å². The fourth-order valence-corrected chi connectivity index (χ4v) is 1.54. The van der Waals surface area contributed by atoms with Crippen molar-refractivity contribution in [2.45, 2.75) is 27.7 Å². The van der Waals surface area contributed by atoms with Crippen LogP contribution in [0.5, 0.6) is 0 Å². The molecule has 0 aliphatic carbocycles. The molecule has 1 heterocycles. The van der Waals surface area contributed by atoms with Crippen LogP contribution in [0.15, 0.2) is 22.4 Å². The van der Waals surface area contributed by atoms with Gasteiger partial charge in [-0.3, -0.25) is 4.79 Å². The lowest BCUT2D eigenvalue weighted by Crippen LogP contribution is -2.21. The summed E-state index contributed by atoms with van der Waals surface area (Å²) in [7, 11) is 0. The smallest absolute Gasteiger partial charge is 0.251 e. The van der Waals surface area contributed by atoms with E-state index in [2.05, 4.69) is 15.0 Å². The lowest BCUT2D eigenvalue weighted by Gasteiger charge is -2.04. The Morgan fingerprint density at radius 3 is 2.17 bits per heavy atom. The molecule has 0 aromatic carbocycles. The summed E-state index contributed by atoms with van der Waals surface area (Å²) < 4.78 is 0. The molecule has 3 N–H and O–H groups in total. The fraction of sp³-hybridized carbons (Fsp3) is 0.333. The first kappa shape index (κ1) is 13.8. The van der Waals surface area contributed by atoms with Crippen molar-refractivity contribution >= 4 is 17.6 Å². The number of nitrogens with zero attached hydrogens (tertiary/aromatic N) is 3. The van der Waals surface area contributed by atoms with Gasteiger partial charge in [-0.25, -0.2) is 9.97 Å². The normalized spacial score (nSPS) is 13.2. The first-order valence-corrected chi connectivity index (χ1v) is 5.39. The highest BCUT2D eigenvalue weighted by atomic mass is 16.3. The molecule has 0 aliphatic rings. The molecule has 0 fully saturated rings. The number of Topliss-reactive ketones (excluding diaryl/α,β-unsaturated/α-hetero) is 1. The maximum atomic E-state index is 11.3. The van der Waals surface area contributed by atoms with E-state index in [0.717, 1.165) is 11.4 Å². The van der Waals surface area contributed by atoms with Crippen LogP contribution in [-0.4, -0.2) is 26.7 Å². The molecule has 1 aromatic rings. The van der Waals surface area contributed by atoms with Crippen molar-refractivity contribution < 1.29 is 9.90 Å². The predicted molar refractivity (Wildman–Crippen MR) is 68.8 cm³/mol. The van der Waals surface area contributed by atoms with Gasteiger partial charge in [0.2, 0.25) is 0 Å². The number of ketones is 1. The van der Waals surface area contributed by atoms with Gasteiger partial charge in [-0.15, -0.1) is 0 Å². The van der Waals surface area contributed by atoms with Crippen LogP contribution in [0.1, 0.15) is 25.2 Å². The Labute approximate surface area is 105 Å². The summed E-state index contributed by atoms with van der Waals surface area (Å²) >= 11 is 0. The molecule has 0 saturated heterocycles. The third-order valence-corrected chi connectivity index (χ3v) is 2.16. The van der Waals surface area contributed by atoms with Crippen molar-refractivity contribution in [3.63, 3.8) is 0 Å². The van der Waals surface area contributed by atoms with Crippen molar-refractivity contribution in [1.82, 2.24) is 9.97 Å². The van der Waals surface area contributed by atoms with Crippen molar-refractivity contribution in [3.8, 4) is 0 Å². The average Bonchev–Trinajstić information content (AvgIpc) is 2.13. The summed E-state index contributed by atoms with van der Waals surface area (Å²) in [5, 5.41) is 9.40. The SMILES string of the molecule is CC(=O)C(/C(N)=N/c1nc(C)cc(C)n1)=C(\C)O. The number of aliphatic imine (C=N–C) groups is 1. The lowest BCUT2D eigenvalue weighted by molar-refractivity contribution is -0.113. The molecule has 0 saturated carbocycles. The minimum Gasteiger partial charge on any atom is -0.512 e. The zero-order chi connectivity index (χ0) is 13.9. The Hall–Kier alpha value is -2.24. The number of rotatable bonds is 3. The number of hydrogen-bond acceptors (Lipinski definition) is 5. The van der Waals surface area contributed by atoms with Crippen molar-refractivity contribution in [3.05, 3.63) is 28.8 Å². The van der Waals surface area contributed by atoms with E-state index < -0.39 is 0 Å². The first-order valence-electron chi connectivity index (χ1n) is 5.39. The van der Waals surface area contributed by atoms with Gasteiger partial charge in [0.25, 0.3) is 5.95 Å². The zero-order valence-corrected chi connectivity index (χ0v) is 10.9. The maximum absolute atomic E-state index is 11.3. The number of aromatic nitrogens is 2. The summed E-state index contributed by atoms with van der Waals surface area (Å²) in [6.45, 7) is 6.30. The number of aliphatic hydroxyl groups is 1. The molecular formula is C12H16N4O2. The maximum Gasteiger partial charge on any atom is 0.251 e. The highest BCUT2D eigenvalue weighted by molar-refractivity contribution is 6.20. The highest BCUT2D eigenvalue weighted by Gasteiger charge is 2.13. The van der Waals surface area contributed by atoms with Crippen LogP contribution < -0.4 is 5.73 Å². The molecule has 0 bridgehead atoms. The van der Waals surface area contributed by atoms with Crippen molar-refractivity contribution in [2.75, 3.05) is 0 Å². The Bertz CT molecular complexity index is 523. The largest absolute Gasteiger partial charge is 0.512 e. The van der Waals surface area contributed by atoms with Crippen LogP contribution in [0.4, 0.5) is 5.95 Å². The van der Waals surface area contributed by atoms with Crippen LogP contribution in [0.25, 0.3) is 0 Å². The first-order chi connectivity index (χ1) is 8.31. The standard InChI is InChI=1S/C12H16N4O2/c1-6-5-7(2)15-12(14-6)16-11(13)10(8(3)17)9(4)18/h5,17H,1-4H3,(H2,13,14,15,16)/b10-8-. The Balaban J connectivity index is 3.24. The van der Waals surface area contributed by atoms with Crippen LogP contribution in [-0.2, 0) is 4.79 Å². The third kappa shape index (κ3) is 3.38. The molecule has 0 radical (unpaired) electrons. The monoisotopic (exact) mass is 248 g/mol. The fourth-order valence-electron chi connectivity index (χ4n) is 1.54. The van der Waals surface area contributed by atoms with Crippen molar-refractivity contribution in [2.24, 2.45) is 10.7 Å². The van der Waals surface area contributed by atoms with Crippen LogP contribution in [0.3, 0.4) is 0 Å². The predicted octanol–water partition coefficient (Wildman–Crippen LogP) is 1.50. The molecule has 0 atom stereocenters. The van der Waals surface area contributed by atoms with E-state index >= 15 is 0 Å². The quantitative estimate of drug-likeness (QED) is 0.365. The molecular weight excluding hydrogens is 232 g/mol. The number of nitrogens with two attached hydrogens (primary N) is 1. The minimum absolute atomic E-state index is 0.0160. The van der Waals surface area contributed by atoms with Gasteiger partial charge in [-0.1, -0.05) is 0 Å². The van der Waals surface area contributed by atoms with Gasteiger partial charge in [-0.2, -0.15) is 4.99 Å². The summed E-state index contributed by atoms with van der Waals surface area (Å²) in [4.78, 5) is 23.5. The van der Waals surface area contributed by atoms with Gasteiger partial charge in [0, 0.05) is 11.4 Å². The second-order valence-electron chi connectivity index (χ2n) is 3.96. The number of allylic oxidation sites excluding steroid dienone is 1. The second-order valence-corrected chi connectivity index (χ2v) is 3.96. The number of aryl methyl sites for hydroxylation is 2. The number of hydrogen-bond donors (Lipinski definition) is 2. The molecule has 18 heavy (non-hydrogen) atoms. The summed E-state index contributed by atoms with van der Waals surface area (Å²) in [5.74, 6) is -0.453. The molecule has 6 heteroatoms. The number of carbonyl (C=O) groups is 1. The molecule has 0 aliphatic heterocycles. The molecule has 0 unspecified atom stereocenters. The van der Waals surface area contributed by atoms with E-state index in [9.17, 15) is 9.90 Å². The number of aliphatic hydroxyl groups excluding tert-OH is 1. The average molecular weight is 248 g/mol. The van der Waals surface area contributed by atoms with E-state index in [-0.39, 0.29) is 28.9 Å². The molecule has 96 valence electrons. The van der Waals surface area contributed by atoms with Gasteiger partial charge in [0.05, 0.1) is 5.57 Å². The summed E-state index contributed by atoms with van der Waals surface area (Å²) in [6.07, 6.45) is 0. The molecule has 6 nitrogen and oxygen atoms in total. The third-order valence-electron chi connectivity index (χ3n) is 2.16. The molecule has 0 spiro atoms. The van der Waals surface area contributed by atoms with Gasteiger partial charge < -0.3 is 10.8 Å². The highest BCUT2D eigenvalue weighted by Crippen LogP contribution is 2.10. The van der Waals surface area contributed by atoms with Crippen molar-refractivity contribution in [1.29, 1.82) is 0 Å². The van der Waals surface area contributed by atoms with E-state index in [4.69, 9.17) is 5.73 Å².